The van der Waals surface area contributed by atoms with Crippen LogP contribution in [0, 0.1) is 0 Å². The van der Waals surface area contributed by atoms with Crippen LogP contribution in [0.3, 0.4) is 0 Å². The number of fused-ring (bicyclic) bond motifs is 3. The summed E-state index contributed by atoms with van der Waals surface area (Å²) in [6.07, 6.45) is 0.329. The molecule has 0 N–H and O–H groups in total. The number of carbonyl (C=O) groups excluding carboxylic acids is 1. The lowest BCUT2D eigenvalue weighted by atomic mass is 10.1. The minimum absolute atomic E-state index is 0.138. The molecular formula is C15H10Cl2O3. The first-order valence-electron chi connectivity index (χ1n) is 6.01. The van der Waals surface area contributed by atoms with Crippen LogP contribution < -0.4 is 0 Å². The summed E-state index contributed by atoms with van der Waals surface area (Å²) < 4.78 is 8.14. The van der Waals surface area contributed by atoms with Crippen molar-refractivity contribution in [2.45, 2.75) is 6.42 Å². The van der Waals surface area contributed by atoms with E-state index in [1.54, 1.807) is 0 Å². The molecule has 0 unspecified atom stereocenters. The highest BCUT2D eigenvalue weighted by Gasteiger charge is 2.21. The molecular weight excluding hydrogens is 299 g/mol. The average Bonchev–Trinajstić information content (AvgIpc) is 2.81. The molecule has 1 aliphatic carbocycles. The van der Waals surface area contributed by atoms with Gasteiger partial charge in [0.15, 0.2) is 0 Å². The molecule has 4 rings (SSSR count). The first-order chi connectivity index (χ1) is 9.66. The van der Waals surface area contributed by atoms with Crippen LogP contribution in [0.15, 0.2) is 36.4 Å². The second-order valence-electron chi connectivity index (χ2n) is 4.38. The zero-order chi connectivity index (χ0) is 14.1. The van der Waals surface area contributed by atoms with Crippen LogP contribution in [0.1, 0.15) is 11.1 Å². The number of ether oxygens (including phenoxy) is 2. The fourth-order valence-electron chi connectivity index (χ4n) is 2.25. The lowest BCUT2D eigenvalue weighted by molar-refractivity contribution is -0.102. The first kappa shape index (κ1) is 13.3. The van der Waals surface area contributed by atoms with E-state index >= 15 is 0 Å². The van der Waals surface area contributed by atoms with E-state index < -0.39 is 6.16 Å². The Morgan fingerprint density at radius 1 is 0.950 bits per heavy atom. The van der Waals surface area contributed by atoms with Crippen molar-refractivity contribution in [2.24, 2.45) is 0 Å². The second kappa shape index (κ2) is 5.35. The van der Waals surface area contributed by atoms with E-state index in [9.17, 15) is 4.79 Å². The Labute approximate surface area is 126 Å². The maximum Gasteiger partial charge on any atom is 0.514 e. The Balaban J connectivity index is 0.000000205. The average molecular weight is 309 g/mol. The fraction of sp³-hybridized carbons (Fsp3) is 0.133. The predicted molar refractivity (Wildman–Crippen MR) is 77.1 cm³/mol. The SMILES string of the molecule is Clc1ccc2c(c1Cl)Cc1ccccc1-2.O=C1OCO1. The van der Waals surface area contributed by atoms with Crippen LogP contribution in [0.2, 0.25) is 10.0 Å². The molecule has 1 aliphatic heterocycles. The molecule has 0 atom stereocenters. The van der Waals surface area contributed by atoms with Gasteiger partial charge in [-0.1, -0.05) is 53.5 Å². The van der Waals surface area contributed by atoms with Crippen LogP contribution in [0.4, 0.5) is 4.79 Å². The maximum atomic E-state index is 9.45. The molecule has 0 aromatic heterocycles. The van der Waals surface area contributed by atoms with Crippen molar-refractivity contribution in [3.05, 3.63) is 57.6 Å². The zero-order valence-corrected chi connectivity index (χ0v) is 11.9. The molecule has 1 fully saturated rings. The minimum atomic E-state index is -0.565. The molecule has 20 heavy (non-hydrogen) atoms. The van der Waals surface area contributed by atoms with Gasteiger partial charge in [0.05, 0.1) is 10.0 Å². The number of benzene rings is 2. The lowest BCUT2D eigenvalue weighted by Crippen LogP contribution is -2.21. The minimum Gasteiger partial charge on any atom is -0.396 e. The third-order valence-electron chi connectivity index (χ3n) is 3.22. The van der Waals surface area contributed by atoms with Crippen molar-refractivity contribution in [2.75, 3.05) is 6.79 Å². The smallest absolute Gasteiger partial charge is 0.396 e. The summed E-state index contributed by atoms with van der Waals surface area (Å²) in [4.78, 5) is 9.45. The number of halogens is 2. The summed E-state index contributed by atoms with van der Waals surface area (Å²) in [6.45, 7) is 0.138. The summed E-state index contributed by atoms with van der Waals surface area (Å²) in [7, 11) is 0. The monoisotopic (exact) mass is 308 g/mol. The summed E-state index contributed by atoms with van der Waals surface area (Å²) in [5.74, 6) is 0. The van der Waals surface area contributed by atoms with Crippen LogP contribution in [-0.4, -0.2) is 12.9 Å². The van der Waals surface area contributed by atoms with Crippen molar-refractivity contribution in [1.82, 2.24) is 0 Å². The van der Waals surface area contributed by atoms with E-state index in [0.29, 0.717) is 10.0 Å². The van der Waals surface area contributed by atoms with Crippen LogP contribution in [0.25, 0.3) is 11.1 Å². The fourth-order valence-corrected chi connectivity index (χ4v) is 2.66. The molecule has 102 valence electrons. The summed E-state index contributed by atoms with van der Waals surface area (Å²) in [6, 6.07) is 12.3. The zero-order valence-electron chi connectivity index (χ0n) is 10.4. The standard InChI is InChI=1S/C13H8Cl2.C2H2O3/c14-12-6-5-10-9-4-2-1-3-8(9)7-11(10)13(12)15;3-2-4-1-5-2/h1-6H,7H2;1H2. The van der Waals surface area contributed by atoms with Gasteiger partial charge in [0.1, 0.15) is 0 Å². The predicted octanol–water partition coefficient (Wildman–Crippen LogP) is 4.68. The van der Waals surface area contributed by atoms with Gasteiger partial charge in [0, 0.05) is 6.42 Å². The molecule has 2 aliphatic rings. The van der Waals surface area contributed by atoms with E-state index in [0.717, 1.165) is 12.0 Å². The van der Waals surface area contributed by atoms with Gasteiger partial charge in [0.2, 0.25) is 6.79 Å². The molecule has 0 radical (unpaired) electrons. The molecule has 2 aromatic carbocycles. The lowest BCUT2D eigenvalue weighted by Gasteiger charge is -2.10. The van der Waals surface area contributed by atoms with Gasteiger partial charge in [-0.05, 0) is 28.3 Å². The summed E-state index contributed by atoms with van der Waals surface area (Å²) in [5, 5.41) is 1.34. The molecule has 2 aromatic rings. The molecule has 0 spiro atoms. The summed E-state index contributed by atoms with van der Waals surface area (Å²) >= 11 is 12.2. The highest BCUT2D eigenvalue weighted by molar-refractivity contribution is 6.42. The van der Waals surface area contributed by atoms with Crippen LogP contribution in [0.5, 0.6) is 0 Å². The van der Waals surface area contributed by atoms with E-state index in [2.05, 4.69) is 39.8 Å². The molecule has 5 heteroatoms. The van der Waals surface area contributed by atoms with Gasteiger partial charge in [-0.3, -0.25) is 0 Å². The Morgan fingerprint density at radius 3 is 2.30 bits per heavy atom. The third-order valence-corrected chi connectivity index (χ3v) is 4.07. The van der Waals surface area contributed by atoms with Gasteiger partial charge in [-0.2, -0.15) is 0 Å². The van der Waals surface area contributed by atoms with E-state index in [-0.39, 0.29) is 6.79 Å². The van der Waals surface area contributed by atoms with E-state index in [4.69, 9.17) is 23.2 Å². The van der Waals surface area contributed by atoms with Gasteiger partial charge in [-0.25, -0.2) is 4.79 Å². The van der Waals surface area contributed by atoms with Crippen molar-refractivity contribution in [3.63, 3.8) is 0 Å². The van der Waals surface area contributed by atoms with Crippen molar-refractivity contribution in [1.29, 1.82) is 0 Å². The van der Waals surface area contributed by atoms with E-state index in [1.165, 1.54) is 16.7 Å². The Hall–Kier alpha value is -1.71. The highest BCUT2D eigenvalue weighted by atomic mass is 35.5. The molecule has 0 bridgehead atoms. The molecule has 1 saturated heterocycles. The summed E-state index contributed by atoms with van der Waals surface area (Å²) in [5.41, 5.74) is 4.99. The Kier molecular flexibility index (Phi) is 3.55. The van der Waals surface area contributed by atoms with Gasteiger partial charge in [0.25, 0.3) is 0 Å². The van der Waals surface area contributed by atoms with Crippen molar-refractivity contribution < 1.29 is 14.3 Å². The van der Waals surface area contributed by atoms with Crippen LogP contribution >= 0.6 is 23.2 Å². The van der Waals surface area contributed by atoms with E-state index in [1.807, 2.05) is 6.07 Å². The van der Waals surface area contributed by atoms with Gasteiger partial charge in [-0.15, -0.1) is 0 Å². The number of rotatable bonds is 0. The number of cyclic esters (lactones) is 2. The number of hydrogen-bond acceptors (Lipinski definition) is 3. The topological polar surface area (TPSA) is 35.5 Å². The Bertz CT molecular complexity index is 677. The Morgan fingerprint density at radius 2 is 1.65 bits per heavy atom. The number of carbonyl (C=O) groups is 1. The molecule has 0 amide bonds. The normalized spacial score (nSPS) is 14.0. The largest absolute Gasteiger partial charge is 0.514 e. The van der Waals surface area contributed by atoms with Crippen molar-refractivity contribution >= 4 is 29.4 Å². The van der Waals surface area contributed by atoms with Gasteiger partial charge >= 0.3 is 6.16 Å². The van der Waals surface area contributed by atoms with Crippen molar-refractivity contribution in [3.8, 4) is 11.1 Å². The second-order valence-corrected chi connectivity index (χ2v) is 5.16. The van der Waals surface area contributed by atoms with Crippen LogP contribution in [-0.2, 0) is 15.9 Å². The first-order valence-corrected chi connectivity index (χ1v) is 6.77. The van der Waals surface area contributed by atoms with Gasteiger partial charge < -0.3 is 9.47 Å². The maximum absolute atomic E-state index is 9.45. The quantitative estimate of drug-likeness (QED) is 0.566. The highest BCUT2D eigenvalue weighted by Crippen LogP contribution is 2.42. The molecule has 1 heterocycles. The molecule has 3 nitrogen and oxygen atoms in total. The number of hydrogen-bond donors (Lipinski definition) is 0. The molecule has 0 saturated carbocycles. The third kappa shape index (κ3) is 2.35.